The van der Waals surface area contributed by atoms with Crippen LogP contribution in [0.3, 0.4) is 0 Å². The summed E-state index contributed by atoms with van der Waals surface area (Å²) in [6, 6.07) is 9.58. The summed E-state index contributed by atoms with van der Waals surface area (Å²) in [6.07, 6.45) is 1.97. The van der Waals surface area contributed by atoms with Crippen molar-refractivity contribution in [1.29, 1.82) is 0 Å². The zero-order valence-corrected chi connectivity index (χ0v) is 11.1. The lowest BCUT2D eigenvalue weighted by atomic mass is 9.99. The van der Waals surface area contributed by atoms with E-state index in [9.17, 15) is 20.1 Å². The number of carbonyl (C=O) groups is 1. The van der Waals surface area contributed by atoms with Gasteiger partial charge in [0.05, 0.1) is 5.56 Å². The van der Waals surface area contributed by atoms with Gasteiger partial charge in [0.25, 0.3) is 0 Å². The van der Waals surface area contributed by atoms with Gasteiger partial charge in [0.15, 0.2) is 17.3 Å². The summed E-state index contributed by atoms with van der Waals surface area (Å²) in [7, 11) is 0. The lowest BCUT2D eigenvalue weighted by molar-refractivity contribution is 0.103. The molecule has 0 atom stereocenters. The third-order valence-corrected chi connectivity index (χ3v) is 3.13. The van der Waals surface area contributed by atoms with Crippen LogP contribution < -0.4 is 0 Å². The quantitative estimate of drug-likeness (QED) is 0.590. The third-order valence-electron chi connectivity index (χ3n) is 3.13. The highest BCUT2D eigenvalue weighted by Crippen LogP contribution is 2.37. The normalized spacial score (nSPS) is 10.4. The fraction of sp³-hybridized carbons (Fsp3) is 0.188. The predicted molar refractivity (Wildman–Crippen MR) is 75.3 cm³/mol. The standard InChI is InChI=1S/C16H16O4/c1-2-3-10-4-6-11(7-5-10)14(18)12-8-9-13(17)16(20)15(12)19/h4-9,17,19-20H,2-3H2,1H3. The number of aromatic hydroxyl groups is 3. The molecule has 2 aromatic rings. The second-order valence-electron chi connectivity index (χ2n) is 4.61. The van der Waals surface area contributed by atoms with E-state index in [0.29, 0.717) is 5.56 Å². The Labute approximate surface area is 116 Å². The van der Waals surface area contributed by atoms with Gasteiger partial charge in [-0.05, 0) is 24.1 Å². The van der Waals surface area contributed by atoms with E-state index < -0.39 is 23.0 Å². The number of phenols is 3. The van der Waals surface area contributed by atoms with Gasteiger partial charge in [-0.2, -0.15) is 0 Å². The molecule has 0 spiro atoms. The molecule has 2 rings (SSSR count). The fourth-order valence-corrected chi connectivity index (χ4v) is 2.02. The molecule has 0 saturated heterocycles. The van der Waals surface area contributed by atoms with Crippen LogP contribution in [0.25, 0.3) is 0 Å². The van der Waals surface area contributed by atoms with Crippen molar-refractivity contribution in [2.45, 2.75) is 19.8 Å². The highest BCUT2D eigenvalue weighted by Gasteiger charge is 2.18. The molecule has 104 valence electrons. The molecule has 0 amide bonds. The molecule has 2 aromatic carbocycles. The molecular formula is C16H16O4. The van der Waals surface area contributed by atoms with Gasteiger partial charge in [0.1, 0.15) is 0 Å². The molecule has 3 N–H and O–H groups in total. The number of ketones is 1. The maximum absolute atomic E-state index is 12.2. The highest BCUT2D eigenvalue weighted by atomic mass is 16.3. The Balaban J connectivity index is 2.34. The minimum Gasteiger partial charge on any atom is -0.504 e. The van der Waals surface area contributed by atoms with Gasteiger partial charge >= 0.3 is 0 Å². The van der Waals surface area contributed by atoms with Crippen molar-refractivity contribution in [1.82, 2.24) is 0 Å². The van der Waals surface area contributed by atoms with Crippen molar-refractivity contribution in [3.05, 3.63) is 53.1 Å². The van der Waals surface area contributed by atoms with Gasteiger partial charge in [-0.25, -0.2) is 0 Å². The fourth-order valence-electron chi connectivity index (χ4n) is 2.02. The van der Waals surface area contributed by atoms with Crippen LogP contribution in [0.15, 0.2) is 36.4 Å². The maximum atomic E-state index is 12.2. The molecule has 0 radical (unpaired) electrons. The molecule has 0 aliphatic rings. The molecule has 0 unspecified atom stereocenters. The van der Waals surface area contributed by atoms with E-state index >= 15 is 0 Å². The van der Waals surface area contributed by atoms with Crippen LogP contribution in [0.5, 0.6) is 17.2 Å². The smallest absolute Gasteiger partial charge is 0.201 e. The van der Waals surface area contributed by atoms with Crippen molar-refractivity contribution in [2.24, 2.45) is 0 Å². The van der Waals surface area contributed by atoms with E-state index in [4.69, 9.17) is 0 Å². The molecule has 4 heteroatoms. The average Bonchev–Trinajstić information content (AvgIpc) is 2.45. The average molecular weight is 272 g/mol. The Morgan fingerprint density at radius 3 is 2.20 bits per heavy atom. The largest absolute Gasteiger partial charge is 0.504 e. The molecule has 0 fully saturated rings. The van der Waals surface area contributed by atoms with Crippen LogP contribution in [0, 0.1) is 0 Å². The second kappa shape index (κ2) is 5.65. The molecule has 0 aromatic heterocycles. The first-order valence-electron chi connectivity index (χ1n) is 6.42. The lowest BCUT2D eigenvalue weighted by Crippen LogP contribution is -2.02. The topological polar surface area (TPSA) is 77.8 Å². The highest BCUT2D eigenvalue weighted by molar-refractivity contribution is 6.11. The Kier molecular flexibility index (Phi) is 3.94. The van der Waals surface area contributed by atoms with Gasteiger partial charge in [0.2, 0.25) is 5.75 Å². The van der Waals surface area contributed by atoms with Crippen LogP contribution in [-0.4, -0.2) is 21.1 Å². The number of rotatable bonds is 4. The van der Waals surface area contributed by atoms with Crippen LogP contribution >= 0.6 is 0 Å². The first kappa shape index (κ1) is 13.9. The van der Waals surface area contributed by atoms with Crippen molar-refractivity contribution in [3.63, 3.8) is 0 Å². The molecule has 4 nitrogen and oxygen atoms in total. The molecule has 0 heterocycles. The van der Waals surface area contributed by atoms with E-state index in [1.165, 1.54) is 12.1 Å². The van der Waals surface area contributed by atoms with Crippen LogP contribution in [0.2, 0.25) is 0 Å². The van der Waals surface area contributed by atoms with E-state index in [1.807, 2.05) is 12.1 Å². The van der Waals surface area contributed by atoms with Crippen molar-refractivity contribution in [2.75, 3.05) is 0 Å². The summed E-state index contributed by atoms with van der Waals surface area (Å²) in [5, 5.41) is 28.4. The van der Waals surface area contributed by atoms with Crippen LogP contribution in [-0.2, 0) is 6.42 Å². The number of phenolic OH excluding ortho intramolecular Hbond substituents is 3. The number of hydrogen-bond donors (Lipinski definition) is 3. The number of benzene rings is 2. The van der Waals surface area contributed by atoms with Gasteiger partial charge < -0.3 is 15.3 Å². The van der Waals surface area contributed by atoms with E-state index in [2.05, 4.69) is 6.92 Å². The summed E-state index contributed by atoms with van der Waals surface area (Å²) >= 11 is 0. The van der Waals surface area contributed by atoms with Gasteiger partial charge in [-0.15, -0.1) is 0 Å². The predicted octanol–water partition coefficient (Wildman–Crippen LogP) is 2.99. The Hall–Kier alpha value is -2.49. The summed E-state index contributed by atoms with van der Waals surface area (Å²) in [6.45, 7) is 2.08. The number of aryl methyl sites for hydroxylation is 1. The SMILES string of the molecule is CCCc1ccc(C(=O)c2ccc(O)c(O)c2O)cc1. The molecule has 20 heavy (non-hydrogen) atoms. The molecule has 0 bridgehead atoms. The van der Waals surface area contributed by atoms with Gasteiger partial charge in [-0.3, -0.25) is 4.79 Å². The van der Waals surface area contributed by atoms with Crippen molar-refractivity contribution >= 4 is 5.78 Å². The first-order valence-corrected chi connectivity index (χ1v) is 6.42. The van der Waals surface area contributed by atoms with Gasteiger partial charge in [0, 0.05) is 5.56 Å². The Bertz CT molecular complexity index is 630. The summed E-state index contributed by atoms with van der Waals surface area (Å²) < 4.78 is 0. The summed E-state index contributed by atoms with van der Waals surface area (Å²) in [4.78, 5) is 12.2. The Morgan fingerprint density at radius 1 is 0.950 bits per heavy atom. The third kappa shape index (κ3) is 2.59. The molecule has 0 aliphatic heterocycles. The minimum absolute atomic E-state index is 0.0384. The van der Waals surface area contributed by atoms with Gasteiger partial charge in [-0.1, -0.05) is 37.6 Å². The first-order chi connectivity index (χ1) is 9.54. The lowest BCUT2D eigenvalue weighted by Gasteiger charge is -2.07. The van der Waals surface area contributed by atoms with E-state index in [0.717, 1.165) is 18.4 Å². The van der Waals surface area contributed by atoms with Crippen molar-refractivity contribution in [3.8, 4) is 17.2 Å². The summed E-state index contributed by atoms with van der Waals surface area (Å²) in [5.74, 6) is -2.15. The van der Waals surface area contributed by atoms with Crippen LogP contribution in [0.1, 0.15) is 34.8 Å². The van der Waals surface area contributed by atoms with E-state index in [-0.39, 0.29) is 5.56 Å². The van der Waals surface area contributed by atoms with Crippen LogP contribution in [0.4, 0.5) is 0 Å². The zero-order chi connectivity index (χ0) is 14.7. The minimum atomic E-state index is -0.682. The maximum Gasteiger partial charge on any atom is 0.201 e. The molecule has 0 aliphatic carbocycles. The molecule has 0 saturated carbocycles. The zero-order valence-electron chi connectivity index (χ0n) is 11.1. The monoisotopic (exact) mass is 272 g/mol. The van der Waals surface area contributed by atoms with E-state index in [1.54, 1.807) is 12.1 Å². The van der Waals surface area contributed by atoms with Crippen molar-refractivity contribution < 1.29 is 20.1 Å². The molecular weight excluding hydrogens is 256 g/mol. The Morgan fingerprint density at radius 2 is 1.60 bits per heavy atom. The summed E-state index contributed by atoms with van der Waals surface area (Å²) in [5.41, 5.74) is 1.52. The number of hydrogen-bond acceptors (Lipinski definition) is 4. The second-order valence-corrected chi connectivity index (χ2v) is 4.61. The number of carbonyl (C=O) groups excluding carboxylic acids is 1.